The molecule has 2 aliphatic rings. The Morgan fingerprint density at radius 1 is 0.750 bits per heavy atom. The Morgan fingerprint density at radius 3 is 1.55 bits per heavy atom. The van der Waals surface area contributed by atoms with Crippen LogP contribution in [0.4, 0.5) is 0 Å². The van der Waals surface area contributed by atoms with E-state index in [1.165, 1.54) is 24.0 Å². The van der Waals surface area contributed by atoms with Crippen molar-refractivity contribution in [2.45, 2.75) is 65.7 Å². The van der Waals surface area contributed by atoms with Crippen LogP contribution in [0.5, 0.6) is 0 Å². The molecule has 0 aromatic heterocycles. The van der Waals surface area contributed by atoms with E-state index in [-0.39, 0.29) is 0 Å². The number of rotatable bonds is 2. The molecule has 2 heteroatoms. The van der Waals surface area contributed by atoms with Crippen LogP contribution in [0.25, 0.3) is 0 Å². The van der Waals surface area contributed by atoms with Gasteiger partial charge in [0.25, 0.3) is 0 Å². The zero-order chi connectivity index (χ0) is 14.3. The summed E-state index contributed by atoms with van der Waals surface area (Å²) in [5, 5.41) is 7.38. The summed E-state index contributed by atoms with van der Waals surface area (Å²) in [5.41, 5.74) is 6.21. The number of hydrogen-bond donors (Lipinski definition) is 2. The fourth-order valence-electron chi connectivity index (χ4n) is 3.54. The van der Waals surface area contributed by atoms with Crippen molar-refractivity contribution in [1.29, 1.82) is 0 Å². The van der Waals surface area contributed by atoms with Gasteiger partial charge in [0.2, 0.25) is 0 Å². The van der Waals surface area contributed by atoms with E-state index in [0.717, 1.165) is 13.1 Å². The Kier molecular flexibility index (Phi) is 3.87. The van der Waals surface area contributed by atoms with Crippen LogP contribution < -0.4 is 10.6 Å². The maximum atomic E-state index is 3.69. The first-order valence-corrected chi connectivity index (χ1v) is 8.15. The minimum atomic E-state index is 0.642. The lowest BCUT2D eigenvalue weighted by atomic mass is 9.83. The summed E-state index contributed by atoms with van der Waals surface area (Å²) in [6, 6.07) is 6.24. The predicted octanol–water partition coefficient (Wildman–Crippen LogP) is 3.03. The van der Waals surface area contributed by atoms with Gasteiger partial charge in [-0.15, -0.1) is 0 Å². The van der Waals surface area contributed by atoms with Crippen LogP contribution in [0.15, 0.2) is 12.1 Å². The van der Waals surface area contributed by atoms with Crippen molar-refractivity contribution in [2.75, 3.05) is 0 Å². The molecule has 0 aliphatic carbocycles. The zero-order valence-electron chi connectivity index (χ0n) is 13.3. The number of benzene rings is 1. The second kappa shape index (κ2) is 5.50. The van der Waals surface area contributed by atoms with Gasteiger partial charge in [0.05, 0.1) is 0 Å². The van der Waals surface area contributed by atoms with Gasteiger partial charge in [-0.1, -0.05) is 39.8 Å². The summed E-state index contributed by atoms with van der Waals surface area (Å²) in [5.74, 6) is 1.42. The molecule has 2 N–H and O–H groups in total. The third-order valence-corrected chi connectivity index (χ3v) is 5.12. The lowest BCUT2D eigenvalue weighted by molar-refractivity contribution is 0.368. The Labute approximate surface area is 123 Å². The fraction of sp³-hybridized carbons (Fsp3) is 0.667. The summed E-state index contributed by atoms with van der Waals surface area (Å²) >= 11 is 0. The van der Waals surface area contributed by atoms with Gasteiger partial charge in [-0.05, 0) is 46.9 Å². The van der Waals surface area contributed by atoms with E-state index >= 15 is 0 Å². The average Bonchev–Trinajstić information content (AvgIpc) is 2.43. The van der Waals surface area contributed by atoms with E-state index in [1.54, 1.807) is 11.1 Å². The molecule has 1 aromatic carbocycles. The van der Waals surface area contributed by atoms with E-state index in [1.807, 2.05) is 0 Å². The molecule has 3 rings (SSSR count). The van der Waals surface area contributed by atoms with Gasteiger partial charge in [-0.3, -0.25) is 0 Å². The van der Waals surface area contributed by atoms with Crippen LogP contribution in [-0.2, 0) is 25.9 Å². The standard InChI is InChI=1S/C18H28N2/c1-11(2)17-7-13-5-14-8-18(12(3)4)20-10-16(14)6-15(13)9-19-17/h5-6,11-12,17-20H,7-10H2,1-4H3. The summed E-state index contributed by atoms with van der Waals surface area (Å²) in [7, 11) is 0. The molecule has 2 unspecified atom stereocenters. The fourth-order valence-corrected chi connectivity index (χ4v) is 3.54. The maximum absolute atomic E-state index is 3.69. The second-order valence-electron chi connectivity index (χ2n) is 7.26. The van der Waals surface area contributed by atoms with Gasteiger partial charge < -0.3 is 10.6 Å². The van der Waals surface area contributed by atoms with Crippen LogP contribution in [0.3, 0.4) is 0 Å². The van der Waals surface area contributed by atoms with Crippen LogP contribution in [0.2, 0.25) is 0 Å². The third kappa shape index (κ3) is 2.64. The lowest BCUT2D eigenvalue weighted by Gasteiger charge is -2.33. The molecule has 20 heavy (non-hydrogen) atoms. The van der Waals surface area contributed by atoms with E-state index in [0.29, 0.717) is 23.9 Å². The normalized spacial score (nSPS) is 25.7. The number of nitrogens with one attached hydrogen (secondary N) is 2. The largest absolute Gasteiger partial charge is 0.309 e. The van der Waals surface area contributed by atoms with Crippen LogP contribution in [0, 0.1) is 11.8 Å². The highest BCUT2D eigenvalue weighted by atomic mass is 14.9. The number of hydrogen-bond acceptors (Lipinski definition) is 2. The molecule has 2 heterocycles. The Hall–Kier alpha value is -0.860. The van der Waals surface area contributed by atoms with Crippen molar-refractivity contribution in [3.63, 3.8) is 0 Å². The quantitative estimate of drug-likeness (QED) is 0.865. The first-order chi connectivity index (χ1) is 9.54. The lowest BCUT2D eigenvalue weighted by Crippen LogP contribution is -2.41. The molecule has 0 amide bonds. The van der Waals surface area contributed by atoms with E-state index in [4.69, 9.17) is 0 Å². The minimum absolute atomic E-state index is 0.642. The van der Waals surface area contributed by atoms with E-state index < -0.39 is 0 Å². The molecule has 0 fully saturated rings. The minimum Gasteiger partial charge on any atom is -0.309 e. The molecule has 0 bridgehead atoms. The second-order valence-corrected chi connectivity index (χ2v) is 7.26. The first-order valence-electron chi connectivity index (χ1n) is 8.15. The van der Waals surface area contributed by atoms with Crippen LogP contribution >= 0.6 is 0 Å². The molecule has 2 nitrogen and oxygen atoms in total. The SMILES string of the molecule is CC(C)C1Cc2cc3c(cc2CN1)CNC(C(C)C)C3. The molecule has 0 saturated heterocycles. The van der Waals surface area contributed by atoms with Crippen molar-refractivity contribution in [3.8, 4) is 0 Å². The Balaban J connectivity index is 1.86. The summed E-state index contributed by atoms with van der Waals surface area (Å²) in [6.45, 7) is 11.4. The van der Waals surface area contributed by atoms with E-state index in [9.17, 15) is 0 Å². The van der Waals surface area contributed by atoms with Crippen LogP contribution in [-0.4, -0.2) is 12.1 Å². The Morgan fingerprint density at radius 2 is 1.15 bits per heavy atom. The van der Waals surface area contributed by atoms with Crippen molar-refractivity contribution in [2.24, 2.45) is 11.8 Å². The molecule has 0 radical (unpaired) electrons. The smallest absolute Gasteiger partial charge is 0.0211 e. The number of fused-ring (bicyclic) bond motifs is 2. The zero-order valence-corrected chi connectivity index (χ0v) is 13.3. The van der Waals surface area contributed by atoms with Gasteiger partial charge in [0, 0.05) is 25.2 Å². The van der Waals surface area contributed by atoms with Gasteiger partial charge >= 0.3 is 0 Å². The first kappa shape index (κ1) is 14.1. The van der Waals surface area contributed by atoms with Crippen LogP contribution in [0.1, 0.15) is 49.9 Å². The highest BCUT2D eigenvalue weighted by Gasteiger charge is 2.25. The molecule has 1 aromatic rings. The van der Waals surface area contributed by atoms with Crippen molar-refractivity contribution in [1.82, 2.24) is 10.6 Å². The molecule has 2 aliphatic heterocycles. The molecule has 0 spiro atoms. The molecular weight excluding hydrogens is 244 g/mol. The molecule has 110 valence electrons. The third-order valence-electron chi connectivity index (χ3n) is 5.12. The van der Waals surface area contributed by atoms with Gasteiger partial charge in [-0.25, -0.2) is 0 Å². The van der Waals surface area contributed by atoms with Crippen molar-refractivity contribution < 1.29 is 0 Å². The predicted molar refractivity (Wildman–Crippen MR) is 84.8 cm³/mol. The summed E-state index contributed by atoms with van der Waals surface area (Å²) in [4.78, 5) is 0. The monoisotopic (exact) mass is 272 g/mol. The molecular formula is C18H28N2. The van der Waals surface area contributed by atoms with Gasteiger partial charge in [-0.2, -0.15) is 0 Å². The highest BCUT2D eigenvalue weighted by molar-refractivity contribution is 5.41. The van der Waals surface area contributed by atoms with Gasteiger partial charge in [0.15, 0.2) is 0 Å². The summed E-state index contributed by atoms with van der Waals surface area (Å²) < 4.78 is 0. The highest BCUT2D eigenvalue weighted by Crippen LogP contribution is 2.28. The average molecular weight is 272 g/mol. The van der Waals surface area contributed by atoms with Crippen molar-refractivity contribution >= 4 is 0 Å². The topological polar surface area (TPSA) is 24.1 Å². The summed E-state index contributed by atoms with van der Waals surface area (Å²) in [6.07, 6.45) is 2.39. The molecule has 0 saturated carbocycles. The Bertz CT molecular complexity index is 449. The van der Waals surface area contributed by atoms with Gasteiger partial charge in [0.1, 0.15) is 0 Å². The van der Waals surface area contributed by atoms with Crippen molar-refractivity contribution in [3.05, 3.63) is 34.4 Å². The molecule has 2 atom stereocenters. The maximum Gasteiger partial charge on any atom is 0.0211 e. The van der Waals surface area contributed by atoms with E-state index in [2.05, 4.69) is 50.5 Å².